The van der Waals surface area contributed by atoms with Crippen molar-refractivity contribution in [3.05, 3.63) is 36.0 Å². The van der Waals surface area contributed by atoms with Crippen LogP contribution in [-0.4, -0.2) is 46.4 Å². The zero-order valence-corrected chi connectivity index (χ0v) is 16.6. The molecular weight excluding hydrogens is 368 g/mol. The molecule has 1 unspecified atom stereocenters. The second kappa shape index (κ2) is 8.68. The SMILES string of the molecule is O=C(CN1C(=O)NC(Cc2c[nH]c3ccccc23)C1=O)NC1CCCCCCC1. The van der Waals surface area contributed by atoms with Crippen LogP contribution >= 0.6 is 0 Å². The number of hydrogen-bond acceptors (Lipinski definition) is 3. The highest BCUT2D eigenvalue weighted by atomic mass is 16.2. The van der Waals surface area contributed by atoms with Gasteiger partial charge >= 0.3 is 6.03 Å². The van der Waals surface area contributed by atoms with Gasteiger partial charge < -0.3 is 15.6 Å². The third-order valence-corrected chi connectivity index (χ3v) is 5.98. The van der Waals surface area contributed by atoms with Gasteiger partial charge in [-0.2, -0.15) is 0 Å². The quantitative estimate of drug-likeness (QED) is 0.678. The van der Waals surface area contributed by atoms with E-state index >= 15 is 0 Å². The highest BCUT2D eigenvalue weighted by molar-refractivity contribution is 6.06. The van der Waals surface area contributed by atoms with Crippen LogP contribution in [-0.2, 0) is 16.0 Å². The Morgan fingerprint density at radius 2 is 1.79 bits per heavy atom. The van der Waals surface area contributed by atoms with Gasteiger partial charge in [-0.15, -0.1) is 0 Å². The van der Waals surface area contributed by atoms with Crippen LogP contribution in [0.1, 0.15) is 50.5 Å². The number of aromatic amines is 1. The van der Waals surface area contributed by atoms with Gasteiger partial charge in [0.05, 0.1) is 0 Å². The highest BCUT2D eigenvalue weighted by Crippen LogP contribution is 2.21. The van der Waals surface area contributed by atoms with Crippen molar-refractivity contribution < 1.29 is 14.4 Å². The van der Waals surface area contributed by atoms with Crippen LogP contribution in [0.5, 0.6) is 0 Å². The minimum atomic E-state index is -0.643. The van der Waals surface area contributed by atoms with Crippen LogP contribution in [0.2, 0.25) is 0 Å². The Bertz CT molecular complexity index is 898. The fourth-order valence-electron chi connectivity index (χ4n) is 4.40. The number of rotatable bonds is 5. The Morgan fingerprint density at radius 1 is 1.07 bits per heavy atom. The maximum Gasteiger partial charge on any atom is 0.325 e. The van der Waals surface area contributed by atoms with Crippen molar-refractivity contribution in [3.63, 3.8) is 0 Å². The molecule has 1 saturated heterocycles. The molecule has 154 valence electrons. The summed E-state index contributed by atoms with van der Waals surface area (Å²) in [6.45, 7) is -0.217. The average molecular weight is 396 g/mol. The van der Waals surface area contributed by atoms with Crippen molar-refractivity contribution in [2.75, 3.05) is 6.54 Å². The first-order chi connectivity index (χ1) is 14.1. The van der Waals surface area contributed by atoms with Gasteiger partial charge in [-0.3, -0.25) is 14.5 Å². The minimum Gasteiger partial charge on any atom is -0.361 e. The number of fused-ring (bicyclic) bond motifs is 1. The van der Waals surface area contributed by atoms with Crippen LogP contribution in [0.3, 0.4) is 0 Å². The molecule has 4 amide bonds. The molecule has 2 fully saturated rings. The number of benzene rings is 1. The summed E-state index contributed by atoms with van der Waals surface area (Å²) in [4.78, 5) is 41.8. The monoisotopic (exact) mass is 396 g/mol. The molecule has 0 radical (unpaired) electrons. The predicted octanol–water partition coefficient (Wildman–Crippen LogP) is 2.86. The molecule has 0 spiro atoms. The lowest BCUT2D eigenvalue weighted by Gasteiger charge is -2.22. The van der Waals surface area contributed by atoms with Crippen molar-refractivity contribution in [1.82, 2.24) is 20.5 Å². The smallest absolute Gasteiger partial charge is 0.325 e. The van der Waals surface area contributed by atoms with Crippen LogP contribution < -0.4 is 10.6 Å². The van der Waals surface area contributed by atoms with Crippen molar-refractivity contribution in [1.29, 1.82) is 0 Å². The van der Waals surface area contributed by atoms with E-state index in [4.69, 9.17) is 0 Å². The summed E-state index contributed by atoms with van der Waals surface area (Å²) in [6, 6.07) is 6.86. The topological polar surface area (TPSA) is 94.3 Å². The number of urea groups is 1. The second-order valence-electron chi connectivity index (χ2n) is 8.10. The molecule has 2 heterocycles. The molecule has 3 N–H and O–H groups in total. The van der Waals surface area contributed by atoms with Gasteiger partial charge in [0.1, 0.15) is 12.6 Å². The summed E-state index contributed by atoms with van der Waals surface area (Å²) in [5.74, 6) is -0.597. The van der Waals surface area contributed by atoms with E-state index in [-0.39, 0.29) is 24.4 Å². The Morgan fingerprint density at radius 3 is 2.59 bits per heavy atom. The third kappa shape index (κ3) is 4.44. The van der Waals surface area contributed by atoms with Gasteiger partial charge in [0.2, 0.25) is 5.91 Å². The number of amides is 4. The molecule has 1 aromatic carbocycles. The highest BCUT2D eigenvalue weighted by Gasteiger charge is 2.39. The first kappa shape index (κ1) is 19.5. The van der Waals surface area contributed by atoms with Gasteiger partial charge in [0.15, 0.2) is 0 Å². The van der Waals surface area contributed by atoms with E-state index in [1.165, 1.54) is 19.3 Å². The van der Waals surface area contributed by atoms with Crippen LogP contribution in [0.25, 0.3) is 10.9 Å². The van der Waals surface area contributed by atoms with Crippen molar-refractivity contribution in [2.24, 2.45) is 0 Å². The standard InChI is InChI=1S/C22H28N4O3/c27-20(24-16-8-4-2-1-3-5-9-16)14-26-21(28)19(25-22(26)29)12-15-13-23-18-11-7-6-10-17(15)18/h6-7,10-11,13,16,19,23H,1-5,8-9,12,14H2,(H,24,27)(H,25,29). The second-order valence-corrected chi connectivity index (χ2v) is 8.10. The lowest BCUT2D eigenvalue weighted by molar-refractivity contribution is -0.132. The molecule has 0 bridgehead atoms. The van der Waals surface area contributed by atoms with E-state index in [2.05, 4.69) is 15.6 Å². The van der Waals surface area contributed by atoms with Crippen molar-refractivity contribution >= 4 is 28.7 Å². The van der Waals surface area contributed by atoms with E-state index in [1.54, 1.807) is 0 Å². The average Bonchev–Trinajstić information content (AvgIpc) is 3.20. The molecule has 4 rings (SSSR count). The normalized spacial score (nSPS) is 21.1. The van der Waals surface area contributed by atoms with Crippen molar-refractivity contribution in [3.8, 4) is 0 Å². The summed E-state index contributed by atoms with van der Waals surface area (Å²) in [7, 11) is 0. The van der Waals surface area contributed by atoms with E-state index < -0.39 is 12.1 Å². The fraction of sp³-hybridized carbons (Fsp3) is 0.500. The zero-order chi connectivity index (χ0) is 20.2. The molecule has 1 aliphatic carbocycles. The fourth-order valence-corrected chi connectivity index (χ4v) is 4.40. The number of nitrogens with zero attached hydrogens (tertiary/aromatic N) is 1. The Labute approximate surface area is 170 Å². The predicted molar refractivity (Wildman–Crippen MR) is 110 cm³/mol. The lowest BCUT2D eigenvalue weighted by Crippen LogP contribution is -2.44. The molecule has 2 aromatic rings. The van der Waals surface area contributed by atoms with Gasteiger partial charge in [0, 0.05) is 29.6 Å². The number of H-pyrrole nitrogens is 1. The van der Waals surface area contributed by atoms with Crippen LogP contribution in [0.4, 0.5) is 4.79 Å². The summed E-state index contributed by atoms with van der Waals surface area (Å²) >= 11 is 0. The summed E-state index contributed by atoms with van der Waals surface area (Å²) < 4.78 is 0. The molecule has 7 nitrogen and oxygen atoms in total. The molecule has 1 saturated carbocycles. The first-order valence-corrected chi connectivity index (χ1v) is 10.6. The maximum absolute atomic E-state index is 12.8. The Hall–Kier alpha value is -2.83. The van der Waals surface area contributed by atoms with E-state index in [0.29, 0.717) is 6.42 Å². The van der Waals surface area contributed by atoms with Gasteiger partial charge in [0.25, 0.3) is 5.91 Å². The van der Waals surface area contributed by atoms with E-state index in [0.717, 1.165) is 47.0 Å². The van der Waals surface area contributed by atoms with E-state index in [1.807, 2.05) is 30.5 Å². The van der Waals surface area contributed by atoms with Crippen LogP contribution in [0, 0.1) is 0 Å². The Kier molecular flexibility index (Phi) is 5.83. The van der Waals surface area contributed by atoms with Crippen molar-refractivity contribution in [2.45, 2.75) is 63.5 Å². The molecule has 1 atom stereocenters. The van der Waals surface area contributed by atoms with Gasteiger partial charge in [-0.1, -0.05) is 50.3 Å². The summed E-state index contributed by atoms with van der Waals surface area (Å²) in [5.41, 5.74) is 1.97. The first-order valence-electron chi connectivity index (χ1n) is 10.6. The Balaban J connectivity index is 1.35. The number of para-hydroxylation sites is 1. The lowest BCUT2D eigenvalue weighted by atomic mass is 9.97. The van der Waals surface area contributed by atoms with Gasteiger partial charge in [-0.25, -0.2) is 4.79 Å². The number of carbonyl (C=O) groups excluding carboxylic acids is 3. The number of imide groups is 1. The number of nitrogens with one attached hydrogen (secondary N) is 3. The molecule has 1 aliphatic heterocycles. The van der Waals surface area contributed by atoms with Gasteiger partial charge in [-0.05, 0) is 24.5 Å². The third-order valence-electron chi connectivity index (χ3n) is 5.98. The van der Waals surface area contributed by atoms with E-state index in [9.17, 15) is 14.4 Å². The number of aromatic nitrogens is 1. The van der Waals surface area contributed by atoms with Crippen LogP contribution in [0.15, 0.2) is 30.5 Å². The molecule has 1 aromatic heterocycles. The molecule has 2 aliphatic rings. The maximum atomic E-state index is 12.8. The summed E-state index contributed by atoms with van der Waals surface area (Å²) in [5, 5.41) is 6.79. The molecule has 7 heteroatoms. The number of hydrogen-bond donors (Lipinski definition) is 3. The zero-order valence-electron chi connectivity index (χ0n) is 16.6. The largest absolute Gasteiger partial charge is 0.361 e. The molecule has 29 heavy (non-hydrogen) atoms. The number of carbonyl (C=O) groups is 3. The molecular formula is C22H28N4O3. The minimum absolute atomic E-state index is 0.144. The summed E-state index contributed by atoms with van der Waals surface area (Å²) in [6.07, 6.45) is 10.1.